The van der Waals surface area contributed by atoms with Gasteiger partial charge in [-0.15, -0.1) is 11.8 Å². The first-order chi connectivity index (χ1) is 15.0. The molecule has 0 saturated carbocycles. The second-order valence-electron chi connectivity index (χ2n) is 7.45. The fraction of sp³-hybridized carbons (Fsp3) is 0.348. The second kappa shape index (κ2) is 9.05. The van der Waals surface area contributed by atoms with E-state index in [-0.39, 0.29) is 11.2 Å². The van der Waals surface area contributed by atoms with Gasteiger partial charge < -0.3 is 9.47 Å². The zero-order valence-corrected chi connectivity index (χ0v) is 19.1. The first-order valence-electron chi connectivity index (χ1n) is 10.1. The third-order valence-electron chi connectivity index (χ3n) is 5.45. The maximum atomic E-state index is 13.8. The molecule has 3 aromatic rings. The predicted molar refractivity (Wildman–Crippen MR) is 121 cm³/mol. The molecule has 4 rings (SSSR count). The summed E-state index contributed by atoms with van der Waals surface area (Å²) in [5.74, 6) is -0.622. The summed E-state index contributed by atoms with van der Waals surface area (Å²) in [6, 6.07) is 16.5. The van der Waals surface area contributed by atoms with Crippen LogP contribution in [0.4, 0.5) is 0 Å². The zero-order valence-electron chi connectivity index (χ0n) is 17.4. The quantitative estimate of drug-likeness (QED) is 0.481. The Labute approximate surface area is 186 Å². The van der Waals surface area contributed by atoms with Crippen LogP contribution in [0, 0.1) is 18.3 Å². The van der Waals surface area contributed by atoms with E-state index in [1.165, 1.54) is 15.7 Å². The fourth-order valence-electron chi connectivity index (χ4n) is 3.93. The lowest BCUT2D eigenvalue weighted by molar-refractivity contribution is -0.0481. The van der Waals surface area contributed by atoms with Gasteiger partial charge in [0.15, 0.2) is 6.29 Å². The molecule has 2 aromatic carbocycles. The van der Waals surface area contributed by atoms with Crippen molar-refractivity contribution in [1.29, 1.82) is 5.26 Å². The Morgan fingerprint density at radius 1 is 1.16 bits per heavy atom. The number of aromatic nitrogens is 1. The van der Waals surface area contributed by atoms with Crippen molar-refractivity contribution in [3.63, 3.8) is 0 Å². The van der Waals surface area contributed by atoms with Crippen molar-refractivity contribution < 1.29 is 17.9 Å². The number of benzene rings is 2. The molecule has 0 radical (unpaired) electrons. The van der Waals surface area contributed by atoms with Gasteiger partial charge in [-0.2, -0.15) is 5.26 Å². The lowest BCUT2D eigenvalue weighted by atomic mass is 10.0. The van der Waals surface area contributed by atoms with E-state index in [1.807, 2.05) is 31.4 Å². The minimum atomic E-state index is -3.90. The molecule has 162 valence electrons. The molecule has 0 aliphatic carbocycles. The van der Waals surface area contributed by atoms with Crippen LogP contribution in [0.25, 0.3) is 10.9 Å². The number of para-hydroxylation sites is 1. The molecule has 2 heterocycles. The molecule has 1 atom stereocenters. The van der Waals surface area contributed by atoms with Crippen LogP contribution >= 0.6 is 11.8 Å². The molecule has 0 unspecified atom stereocenters. The summed E-state index contributed by atoms with van der Waals surface area (Å²) in [7, 11) is -3.90. The summed E-state index contributed by atoms with van der Waals surface area (Å²) in [6.45, 7) is 3.00. The van der Waals surface area contributed by atoms with Crippen molar-refractivity contribution in [3.8, 4) is 6.07 Å². The number of fused-ring (bicyclic) bond motifs is 1. The summed E-state index contributed by atoms with van der Waals surface area (Å²) in [4.78, 5) is 1.01. The third-order valence-corrected chi connectivity index (χ3v) is 8.03. The Hall–Kier alpha value is -2.31. The molecule has 31 heavy (non-hydrogen) atoms. The zero-order chi connectivity index (χ0) is 22.0. The first-order valence-corrected chi connectivity index (χ1v) is 12.8. The number of hydrogen-bond donors (Lipinski definition) is 0. The Kier molecular flexibility index (Phi) is 6.39. The molecule has 8 heteroatoms. The maximum Gasteiger partial charge on any atom is 0.268 e. The standard InChI is InChI=1S/C23H24N2O4S2/c1-16-7-10-18(11-8-16)31(26,27)25-20-6-4-3-5-19(20)23(30-2)22(25)17(15-24)9-12-21-28-13-14-29-21/h3-8,10-11,17,21H,9,12-14H2,1-2H3/t17-/m1/s1. The first kappa shape index (κ1) is 21.9. The minimum Gasteiger partial charge on any atom is -0.350 e. The van der Waals surface area contributed by atoms with E-state index < -0.39 is 15.9 Å². The van der Waals surface area contributed by atoms with Crippen LogP contribution in [0.15, 0.2) is 58.3 Å². The molecule has 1 aromatic heterocycles. The molecule has 0 amide bonds. The van der Waals surface area contributed by atoms with Gasteiger partial charge in [0.1, 0.15) is 0 Å². The summed E-state index contributed by atoms with van der Waals surface area (Å²) in [6.07, 6.45) is 2.53. The van der Waals surface area contributed by atoms with Crippen LogP contribution in [0.3, 0.4) is 0 Å². The highest BCUT2D eigenvalue weighted by Gasteiger charge is 2.32. The van der Waals surface area contributed by atoms with Crippen LogP contribution < -0.4 is 0 Å². The molecule has 1 saturated heterocycles. The lowest BCUT2D eigenvalue weighted by Crippen LogP contribution is -2.19. The SMILES string of the molecule is CSc1c([C@@H](C#N)CCC2OCCO2)n(S(=O)(=O)c2ccc(C)cc2)c2ccccc12. The molecule has 0 N–H and O–H groups in total. The average molecular weight is 457 g/mol. The van der Waals surface area contributed by atoms with E-state index in [0.717, 1.165) is 15.8 Å². The molecule has 0 spiro atoms. The number of ether oxygens (including phenoxy) is 2. The highest BCUT2D eigenvalue weighted by Crippen LogP contribution is 2.41. The van der Waals surface area contributed by atoms with Gasteiger partial charge in [-0.3, -0.25) is 0 Å². The van der Waals surface area contributed by atoms with Gasteiger partial charge in [0, 0.05) is 10.3 Å². The Morgan fingerprint density at radius 2 is 1.84 bits per heavy atom. The van der Waals surface area contributed by atoms with Gasteiger partial charge in [-0.1, -0.05) is 35.9 Å². The molecule has 1 aliphatic heterocycles. The lowest BCUT2D eigenvalue weighted by Gasteiger charge is -2.18. The van der Waals surface area contributed by atoms with Crippen molar-refractivity contribution in [2.75, 3.05) is 19.5 Å². The Morgan fingerprint density at radius 3 is 2.48 bits per heavy atom. The van der Waals surface area contributed by atoms with Crippen molar-refractivity contribution >= 4 is 32.7 Å². The van der Waals surface area contributed by atoms with E-state index in [1.54, 1.807) is 30.3 Å². The van der Waals surface area contributed by atoms with Crippen molar-refractivity contribution in [1.82, 2.24) is 3.97 Å². The van der Waals surface area contributed by atoms with Crippen molar-refractivity contribution in [2.24, 2.45) is 0 Å². The van der Waals surface area contributed by atoms with Gasteiger partial charge in [0.25, 0.3) is 10.0 Å². The van der Waals surface area contributed by atoms with Crippen LogP contribution in [-0.2, 0) is 19.5 Å². The van der Waals surface area contributed by atoms with Crippen LogP contribution in [-0.4, -0.2) is 38.1 Å². The van der Waals surface area contributed by atoms with E-state index in [2.05, 4.69) is 6.07 Å². The van der Waals surface area contributed by atoms with Gasteiger partial charge in [0.05, 0.1) is 41.3 Å². The molecular formula is C23H24N2O4S2. The monoisotopic (exact) mass is 456 g/mol. The number of aryl methyl sites for hydroxylation is 1. The summed E-state index contributed by atoms with van der Waals surface area (Å²) in [5.41, 5.74) is 2.07. The fourth-order valence-corrected chi connectivity index (χ4v) is 6.41. The second-order valence-corrected chi connectivity index (χ2v) is 10.1. The molecule has 1 fully saturated rings. The van der Waals surface area contributed by atoms with Gasteiger partial charge in [-0.25, -0.2) is 12.4 Å². The minimum absolute atomic E-state index is 0.201. The summed E-state index contributed by atoms with van der Waals surface area (Å²) in [5, 5.41) is 10.9. The molecule has 0 bridgehead atoms. The van der Waals surface area contributed by atoms with Crippen LogP contribution in [0.5, 0.6) is 0 Å². The molecule has 6 nitrogen and oxygen atoms in total. The number of hydrogen-bond acceptors (Lipinski definition) is 6. The number of nitriles is 1. The van der Waals surface area contributed by atoms with Gasteiger partial charge in [-0.05, 0) is 44.2 Å². The Bertz CT molecular complexity index is 1220. The normalized spacial score (nSPS) is 15.9. The highest BCUT2D eigenvalue weighted by atomic mass is 32.2. The smallest absolute Gasteiger partial charge is 0.268 e. The van der Waals surface area contributed by atoms with E-state index >= 15 is 0 Å². The molecular weight excluding hydrogens is 432 g/mol. The van der Waals surface area contributed by atoms with E-state index in [9.17, 15) is 13.7 Å². The number of thioether (sulfide) groups is 1. The number of nitrogens with zero attached hydrogens (tertiary/aromatic N) is 2. The average Bonchev–Trinajstić information content (AvgIpc) is 3.40. The van der Waals surface area contributed by atoms with Crippen LogP contribution in [0.1, 0.15) is 30.0 Å². The van der Waals surface area contributed by atoms with Crippen molar-refractivity contribution in [3.05, 3.63) is 59.8 Å². The van der Waals surface area contributed by atoms with Crippen molar-refractivity contribution in [2.45, 2.75) is 41.8 Å². The molecule has 1 aliphatic rings. The van der Waals surface area contributed by atoms with Crippen LogP contribution in [0.2, 0.25) is 0 Å². The maximum absolute atomic E-state index is 13.8. The Balaban J connectivity index is 1.89. The number of rotatable bonds is 7. The summed E-state index contributed by atoms with van der Waals surface area (Å²) < 4.78 is 40.0. The van der Waals surface area contributed by atoms with Gasteiger partial charge in [0.2, 0.25) is 0 Å². The predicted octanol–water partition coefficient (Wildman–Crippen LogP) is 4.67. The third kappa shape index (κ3) is 4.11. The van der Waals surface area contributed by atoms with E-state index in [4.69, 9.17) is 9.47 Å². The summed E-state index contributed by atoms with van der Waals surface area (Å²) >= 11 is 1.46. The largest absolute Gasteiger partial charge is 0.350 e. The van der Waals surface area contributed by atoms with E-state index in [0.29, 0.717) is 37.3 Å². The highest BCUT2D eigenvalue weighted by molar-refractivity contribution is 7.99. The van der Waals surface area contributed by atoms with Gasteiger partial charge >= 0.3 is 0 Å². The topological polar surface area (TPSA) is 81.3 Å².